The molecule has 1 aliphatic carbocycles. The summed E-state index contributed by atoms with van der Waals surface area (Å²) < 4.78 is 7.33. The molecule has 0 aromatic carbocycles. The molecule has 23 heavy (non-hydrogen) atoms. The summed E-state index contributed by atoms with van der Waals surface area (Å²) >= 11 is 0. The van der Waals surface area contributed by atoms with E-state index in [1.54, 1.807) is 31.0 Å². The van der Waals surface area contributed by atoms with Crippen molar-refractivity contribution in [3.05, 3.63) is 36.5 Å². The predicted octanol–water partition coefficient (Wildman–Crippen LogP) is 1.99. The van der Waals surface area contributed by atoms with E-state index < -0.39 is 0 Å². The van der Waals surface area contributed by atoms with Crippen LogP contribution in [0.3, 0.4) is 0 Å². The van der Waals surface area contributed by atoms with Gasteiger partial charge in [0.1, 0.15) is 18.2 Å². The second-order valence-corrected chi connectivity index (χ2v) is 5.64. The molecular formula is C16H21N5O2. The molecule has 0 bridgehead atoms. The molecule has 1 aliphatic rings. The van der Waals surface area contributed by atoms with Crippen molar-refractivity contribution in [2.45, 2.75) is 44.7 Å². The average molecular weight is 315 g/mol. The fraction of sp³-hybridized carbons (Fsp3) is 0.500. The molecule has 0 aliphatic heterocycles. The van der Waals surface area contributed by atoms with Crippen LogP contribution in [0.2, 0.25) is 0 Å². The Morgan fingerprint density at radius 2 is 2.22 bits per heavy atom. The van der Waals surface area contributed by atoms with Crippen molar-refractivity contribution in [1.82, 2.24) is 25.1 Å². The largest absolute Gasteiger partial charge is 0.477 e. The molecule has 0 radical (unpaired) electrons. The van der Waals surface area contributed by atoms with Gasteiger partial charge in [-0.05, 0) is 44.7 Å². The van der Waals surface area contributed by atoms with Crippen LogP contribution in [-0.2, 0) is 0 Å². The minimum atomic E-state index is -0.120. The standard InChI is InChI=1S/C16H21N5O2/c1-2-23-16-14(4-3-9-18-16)15(22)20-12-5-7-13(8-6-12)21-11-17-10-19-21/h3-4,9-13H,2,5-8H2,1H3,(H,20,22). The van der Waals surface area contributed by atoms with Crippen molar-refractivity contribution in [3.63, 3.8) is 0 Å². The number of nitrogens with one attached hydrogen (secondary N) is 1. The van der Waals surface area contributed by atoms with E-state index in [1.165, 1.54) is 0 Å². The molecule has 2 aromatic rings. The minimum absolute atomic E-state index is 0.120. The van der Waals surface area contributed by atoms with Crippen molar-refractivity contribution in [1.29, 1.82) is 0 Å². The summed E-state index contributed by atoms with van der Waals surface area (Å²) in [6, 6.07) is 4.05. The lowest BCUT2D eigenvalue weighted by Gasteiger charge is -2.29. The van der Waals surface area contributed by atoms with Gasteiger partial charge in [0.25, 0.3) is 5.91 Å². The Bertz CT molecular complexity index is 636. The van der Waals surface area contributed by atoms with Crippen molar-refractivity contribution in [2.24, 2.45) is 0 Å². The van der Waals surface area contributed by atoms with Gasteiger partial charge in [-0.2, -0.15) is 5.10 Å². The first-order valence-electron chi connectivity index (χ1n) is 8.00. The molecule has 7 nitrogen and oxygen atoms in total. The third-order valence-electron chi connectivity index (χ3n) is 4.14. The first-order valence-corrected chi connectivity index (χ1v) is 8.00. The molecule has 2 heterocycles. The number of pyridine rings is 1. The Balaban J connectivity index is 1.57. The molecule has 0 saturated heterocycles. The summed E-state index contributed by atoms with van der Waals surface area (Å²) in [6.45, 7) is 2.36. The minimum Gasteiger partial charge on any atom is -0.477 e. The van der Waals surface area contributed by atoms with Gasteiger partial charge in [0, 0.05) is 12.2 Å². The molecule has 3 rings (SSSR count). The number of amides is 1. The Labute approximate surface area is 135 Å². The molecule has 1 N–H and O–H groups in total. The van der Waals surface area contributed by atoms with E-state index in [0.29, 0.717) is 24.1 Å². The van der Waals surface area contributed by atoms with Crippen LogP contribution in [0.25, 0.3) is 0 Å². The van der Waals surface area contributed by atoms with E-state index in [0.717, 1.165) is 25.7 Å². The van der Waals surface area contributed by atoms with E-state index >= 15 is 0 Å². The smallest absolute Gasteiger partial charge is 0.256 e. The maximum Gasteiger partial charge on any atom is 0.256 e. The van der Waals surface area contributed by atoms with Gasteiger partial charge >= 0.3 is 0 Å². The molecule has 0 spiro atoms. The first-order chi connectivity index (χ1) is 11.3. The molecule has 7 heteroatoms. The Morgan fingerprint density at radius 1 is 1.39 bits per heavy atom. The molecular weight excluding hydrogens is 294 g/mol. The van der Waals surface area contributed by atoms with Crippen LogP contribution in [0.4, 0.5) is 0 Å². The zero-order valence-corrected chi connectivity index (χ0v) is 13.2. The summed E-state index contributed by atoms with van der Waals surface area (Å²) in [7, 11) is 0. The number of ether oxygens (including phenoxy) is 1. The third kappa shape index (κ3) is 3.67. The third-order valence-corrected chi connectivity index (χ3v) is 4.14. The number of hydrogen-bond donors (Lipinski definition) is 1. The second kappa shape index (κ2) is 7.21. The van der Waals surface area contributed by atoms with Gasteiger partial charge in [0.15, 0.2) is 0 Å². The number of nitrogens with zero attached hydrogens (tertiary/aromatic N) is 4. The fourth-order valence-corrected chi connectivity index (χ4v) is 2.97. The van der Waals surface area contributed by atoms with Gasteiger partial charge in [0.05, 0.1) is 12.6 Å². The summed E-state index contributed by atoms with van der Waals surface area (Å²) in [5, 5.41) is 7.29. The van der Waals surface area contributed by atoms with Crippen molar-refractivity contribution in [2.75, 3.05) is 6.61 Å². The molecule has 1 amide bonds. The summed E-state index contributed by atoms with van der Waals surface area (Å²) in [6.07, 6.45) is 8.78. The zero-order chi connectivity index (χ0) is 16.1. The molecule has 1 saturated carbocycles. The molecule has 0 unspecified atom stereocenters. The van der Waals surface area contributed by atoms with Crippen molar-refractivity contribution < 1.29 is 9.53 Å². The lowest BCUT2D eigenvalue weighted by atomic mass is 9.91. The van der Waals surface area contributed by atoms with Crippen LogP contribution >= 0.6 is 0 Å². The predicted molar refractivity (Wildman–Crippen MR) is 84.2 cm³/mol. The highest BCUT2D eigenvalue weighted by molar-refractivity contribution is 5.96. The average Bonchev–Trinajstić information content (AvgIpc) is 3.11. The molecule has 2 aromatic heterocycles. The van der Waals surface area contributed by atoms with Crippen LogP contribution in [0, 0.1) is 0 Å². The Kier molecular flexibility index (Phi) is 4.85. The first kappa shape index (κ1) is 15.5. The van der Waals surface area contributed by atoms with Gasteiger partial charge in [-0.25, -0.2) is 14.6 Å². The van der Waals surface area contributed by atoms with E-state index in [-0.39, 0.29) is 11.9 Å². The van der Waals surface area contributed by atoms with Gasteiger partial charge in [0.2, 0.25) is 5.88 Å². The second-order valence-electron chi connectivity index (χ2n) is 5.64. The number of aromatic nitrogens is 4. The fourth-order valence-electron chi connectivity index (χ4n) is 2.97. The maximum absolute atomic E-state index is 12.5. The Hall–Kier alpha value is -2.44. The number of carbonyl (C=O) groups is 1. The van der Waals surface area contributed by atoms with Crippen LogP contribution in [0.15, 0.2) is 31.0 Å². The van der Waals surface area contributed by atoms with E-state index in [1.807, 2.05) is 11.6 Å². The molecule has 0 atom stereocenters. The van der Waals surface area contributed by atoms with Crippen LogP contribution in [0.1, 0.15) is 49.0 Å². The normalized spacial score (nSPS) is 20.9. The topological polar surface area (TPSA) is 81.9 Å². The van der Waals surface area contributed by atoms with E-state index in [4.69, 9.17) is 4.74 Å². The van der Waals surface area contributed by atoms with Gasteiger partial charge in [-0.3, -0.25) is 4.79 Å². The van der Waals surface area contributed by atoms with E-state index in [2.05, 4.69) is 20.4 Å². The monoisotopic (exact) mass is 315 g/mol. The van der Waals surface area contributed by atoms with Gasteiger partial charge in [-0.15, -0.1) is 0 Å². The number of carbonyl (C=O) groups excluding carboxylic acids is 1. The van der Waals surface area contributed by atoms with Crippen molar-refractivity contribution in [3.8, 4) is 5.88 Å². The van der Waals surface area contributed by atoms with Gasteiger partial charge < -0.3 is 10.1 Å². The van der Waals surface area contributed by atoms with Crippen LogP contribution in [-0.4, -0.2) is 38.3 Å². The highest BCUT2D eigenvalue weighted by Crippen LogP contribution is 2.28. The maximum atomic E-state index is 12.5. The number of rotatable bonds is 5. The Morgan fingerprint density at radius 3 is 2.91 bits per heavy atom. The van der Waals surface area contributed by atoms with Crippen LogP contribution < -0.4 is 10.1 Å². The van der Waals surface area contributed by atoms with Gasteiger partial charge in [-0.1, -0.05) is 0 Å². The molecule has 1 fully saturated rings. The lowest BCUT2D eigenvalue weighted by Crippen LogP contribution is -2.38. The molecule has 122 valence electrons. The van der Waals surface area contributed by atoms with Crippen molar-refractivity contribution >= 4 is 5.91 Å². The van der Waals surface area contributed by atoms with E-state index in [9.17, 15) is 4.79 Å². The SMILES string of the molecule is CCOc1ncccc1C(=O)NC1CCC(n2cncn2)CC1. The number of hydrogen-bond acceptors (Lipinski definition) is 5. The zero-order valence-electron chi connectivity index (χ0n) is 13.2. The summed E-state index contributed by atoms with van der Waals surface area (Å²) in [5.74, 6) is 0.273. The highest BCUT2D eigenvalue weighted by atomic mass is 16.5. The highest BCUT2D eigenvalue weighted by Gasteiger charge is 2.25. The summed E-state index contributed by atoms with van der Waals surface area (Å²) in [5.41, 5.74) is 0.493. The van der Waals surface area contributed by atoms with Crippen LogP contribution in [0.5, 0.6) is 5.88 Å². The quantitative estimate of drug-likeness (QED) is 0.912. The summed E-state index contributed by atoms with van der Waals surface area (Å²) in [4.78, 5) is 20.6. The lowest BCUT2D eigenvalue weighted by molar-refractivity contribution is 0.0917.